The maximum absolute atomic E-state index is 12.8. The molecule has 0 aliphatic heterocycles. The topological polar surface area (TPSA) is 75.1 Å². The van der Waals surface area contributed by atoms with E-state index in [1.54, 1.807) is 23.3 Å². The Morgan fingerprint density at radius 1 is 1.42 bits per heavy atom. The Labute approximate surface area is 141 Å². The van der Waals surface area contributed by atoms with Crippen LogP contribution in [0.25, 0.3) is 5.82 Å². The van der Waals surface area contributed by atoms with E-state index >= 15 is 0 Å². The highest BCUT2D eigenvalue weighted by Gasteiger charge is 2.22. The van der Waals surface area contributed by atoms with Crippen molar-refractivity contribution in [2.75, 3.05) is 0 Å². The van der Waals surface area contributed by atoms with Gasteiger partial charge >= 0.3 is 0 Å². The number of hydrogen-bond donors (Lipinski definition) is 2. The highest BCUT2D eigenvalue weighted by Crippen LogP contribution is 2.18. The minimum atomic E-state index is -0.159. The first-order chi connectivity index (χ1) is 11.6. The zero-order valence-corrected chi connectivity index (χ0v) is 14.0. The number of nitrogens with zero attached hydrogens (tertiary/aromatic N) is 3. The normalized spacial score (nSPS) is 16.1. The van der Waals surface area contributed by atoms with Gasteiger partial charge in [0.2, 0.25) is 0 Å². The van der Waals surface area contributed by atoms with E-state index in [-0.39, 0.29) is 11.9 Å². The Bertz CT molecular complexity index is 735. The number of aliphatic imine (C=N–C) groups is 1. The fourth-order valence-electron chi connectivity index (χ4n) is 3.02. The predicted molar refractivity (Wildman–Crippen MR) is 94.6 cm³/mol. The molecule has 1 aliphatic carbocycles. The molecule has 24 heavy (non-hydrogen) atoms. The molecule has 0 saturated heterocycles. The summed E-state index contributed by atoms with van der Waals surface area (Å²) < 4.78 is 1.69. The van der Waals surface area contributed by atoms with Gasteiger partial charge in [-0.15, -0.1) is 0 Å². The van der Waals surface area contributed by atoms with Gasteiger partial charge in [-0.05, 0) is 31.4 Å². The summed E-state index contributed by atoms with van der Waals surface area (Å²) in [4.78, 5) is 24.4. The number of H-pyrrole nitrogens is 1. The maximum atomic E-state index is 12.8. The Kier molecular flexibility index (Phi) is 4.93. The van der Waals surface area contributed by atoms with E-state index in [0.717, 1.165) is 24.1 Å². The molecule has 0 atom stereocenters. The van der Waals surface area contributed by atoms with E-state index in [9.17, 15) is 4.79 Å². The van der Waals surface area contributed by atoms with Crippen molar-refractivity contribution >= 4 is 17.4 Å². The van der Waals surface area contributed by atoms with Gasteiger partial charge in [-0.25, -0.2) is 9.98 Å². The van der Waals surface area contributed by atoms with Gasteiger partial charge in [-0.3, -0.25) is 9.36 Å². The lowest BCUT2D eigenvalue weighted by Gasteiger charge is -2.23. The van der Waals surface area contributed by atoms with Gasteiger partial charge in [0.15, 0.2) is 5.71 Å². The molecule has 126 valence electrons. The molecule has 2 aromatic rings. The predicted octanol–water partition coefficient (Wildman–Crippen LogP) is 2.89. The van der Waals surface area contributed by atoms with Crippen molar-refractivity contribution in [2.45, 2.75) is 45.1 Å². The molecular formula is C18H23N5O. The summed E-state index contributed by atoms with van der Waals surface area (Å²) in [5.74, 6) is 0.295. The van der Waals surface area contributed by atoms with Gasteiger partial charge in [0.05, 0.1) is 5.69 Å². The van der Waals surface area contributed by atoms with Crippen LogP contribution in [0.1, 0.15) is 43.4 Å². The van der Waals surface area contributed by atoms with E-state index < -0.39 is 0 Å². The van der Waals surface area contributed by atoms with Crippen LogP contribution in [0.2, 0.25) is 0 Å². The second kappa shape index (κ2) is 7.29. The Morgan fingerprint density at radius 3 is 2.83 bits per heavy atom. The van der Waals surface area contributed by atoms with Crippen LogP contribution in [-0.2, 0) is 4.79 Å². The van der Waals surface area contributed by atoms with Crippen LogP contribution in [-0.4, -0.2) is 32.2 Å². The summed E-state index contributed by atoms with van der Waals surface area (Å²) in [6, 6.07) is 2.16. The molecule has 0 bridgehead atoms. The highest BCUT2D eigenvalue weighted by molar-refractivity contribution is 6.45. The molecule has 1 amide bonds. The van der Waals surface area contributed by atoms with E-state index in [2.05, 4.69) is 26.9 Å². The average molecular weight is 325 g/mol. The minimum Gasteiger partial charge on any atom is -0.360 e. The first-order valence-electron chi connectivity index (χ1n) is 8.36. The number of aromatic amines is 1. The molecule has 6 nitrogen and oxygen atoms in total. The van der Waals surface area contributed by atoms with E-state index in [4.69, 9.17) is 0 Å². The summed E-state index contributed by atoms with van der Waals surface area (Å²) in [6.07, 6.45) is 12.5. The molecule has 0 aromatic carbocycles. The number of hydrogen-bond acceptors (Lipinski definition) is 3. The smallest absolute Gasteiger partial charge is 0.272 e. The Morgan fingerprint density at radius 2 is 2.21 bits per heavy atom. The van der Waals surface area contributed by atoms with Crippen LogP contribution in [0.15, 0.2) is 42.6 Å². The van der Waals surface area contributed by atoms with Gasteiger partial charge in [-0.2, -0.15) is 0 Å². The molecule has 6 heteroatoms. The molecule has 2 aromatic heterocycles. The van der Waals surface area contributed by atoms with Crippen molar-refractivity contribution in [1.29, 1.82) is 0 Å². The van der Waals surface area contributed by atoms with E-state index in [0.29, 0.717) is 11.5 Å². The Hall–Kier alpha value is -2.63. The summed E-state index contributed by atoms with van der Waals surface area (Å²) in [5.41, 5.74) is 2.07. The molecule has 0 spiro atoms. The number of imidazole rings is 1. The average Bonchev–Trinajstić information content (AvgIpc) is 3.25. The monoisotopic (exact) mass is 325 g/mol. The number of rotatable bonds is 5. The lowest BCUT2D eigenvalue weighted by atomic mass is 9.95. The van der Waals surface area contributed by atoms with Crippen molar-refractivity contribution in [1.82, 2.24) is 19.9 Å². The van der Waals surface area contributed by atoms with Crippen molar-refractivity contribution in [2.24, 2.45) is 4.99 Å². The minimum absolute atomic E-state index is 0.159. The van der Waals surface area contributed by atoms with Crippen LogP contribution in [0.4, 0.5) is 0 Å². The van der Waals surface area contributed by atoms with Gasteiger partial charge in [0.25, 0.3) is 5.91 Å². The van der Waals surface area contributed by atoms with Crippen molar-refractivity contribution in [3.63, 3.8) is 0 Å². The van der Waals surface area contributed by atoms with Crippen molar-refractivity contribution in [3.8, 4) is 0 Å². The van der Waals surface area contributed by atoms with Gasteiger partial charge in [0, 0.05) is 24.6 Å². The standard InChI is InChI=1S/C18H23N5O/c1-13-8-9-20-16(13)17(21-14(2)23-11-10-19-12-23)18(24)22-15-6-4-3-5-7-15/h8-12,15,20H,2-7H2,1H3,(H,22,24)/b21-17+. The SMILES string of the molecule is C=C(/N=C(/C(=O)NC1CCCCC1)c1[nH]ccc1C)n1ccnc1. The fourth-order valence-corrected chi connectivity index (χ4v) is 3.02. The van der Waals surface area contributed by atoms with Gasteiger partial charge < -0.3 is 10.3 Å². The number of carbonyl (C=O) groups is 1. The summed E-state index contributed by atoms with van der Waals surface area (Å²) in [7, 11) is 0. The lowest BCUT2D eigenvalue weighted by Crippen LogP contribution is -2.41. The van der Waals surface area contributed by atoms with Crippen LogP contribution >= 0.6 is 0 Å². The second-order valence-electron chi connectivity index (χ2n) is 6.19. The van der Waals surface area contributed by atoms with Crippen LogP contribution in [0.3, 0.4) is 0 Å². The van der Waals surface area contributed by atoms with Crippen molar-refractivity contribution in [3.05, 3.63) is 48.8 Å². The second-order valence-corrected chi connectivity index (χ2v) is 6.19. The first-order valence-corrected chi connectivity index (χ1v) is 8.36. The third-order valence-corrected chi connectivity index (χ3v) is 4.39. The lowest BCUT2D eigenvalue weighted by molar-refractivity contribution is -0.115. The van der Waals surface area contributed by atoms with Gasteiger partial charge in [0.1, 0.15) is 12.1 Å². The number of aromatic nitrogens is 3. The third-order valence-electron chi connectivity index (χ3n) is 4.39. The molecule has 1 fully saturated rings. The van der Waals surface area contributed by atoms with Crippen LogP contribution < -0.4 is 5.32 Å². The third kappa shape index (κ3) is 3.64. The van der Waals surface area contributed by atoms with Crippen LogP contribution in [0.5, 0.6) is 0 Å². The van der Waals surface area contributed by atoms with Crippen molar-refractivity contribution < 1.29 is 4.79 Å². The molecule has 0 radical (unpaired) electrons. The zero-order chi connectivity index (χ0) is 16.9. The number of aryl methyl sites for hydroxylation is 1. The van der Waals surface area contributed by atoms with E-state index in [1.807, 2.05) is 19.2 Å². The fraction of sp³-hybridized carbons (Fsp3) is 0.389. The van der Waals surface area contributed by atoms with Crippen LogP contribution in [0, 0.1) is 6.92 Å². The number of nitrogens with one attached hydrogen (secondary N) is 2. The summed E-state index contributed by atoms with van der Waals surface area (Å²) in [5, 5.41) is 3.13. The number of carbonyl (C=O) groups excluding carboxylic acids is 1. The molecule has 1 aliphatic rings. The Balaban J connectivity index is 1.86. The highest BCUT2D eigenvalue weighted by atomic mass is 16.2. The summed E-state index contributed by atoms with van der Waals surface area (Å²) >= 11 is 0. The quantitative estimate of drug-likeness (QED) is 0.829. The first kappa shape index (κ1) is 16.2. The van der Waals surface area contributed by atoms with E-state index in [1.165, 1.54) is 19.3 Å². The molecule has 2 heterocycles. The van der Waals surface area contributed by atoms with Gasteiger partial charge in [-0.1, -0.05) is 25.8 Å². The number of amides is 1. The molecular weight excluding hydrogens is 302 g/mol. The molecule has 3 rings (SSSR count). The molecule has 2 N–H and O–H groups in total. The largest absolute Gasteiger partial charge is 0.360 e. The zero-order valence-electron chi connectivity index (χ0n) is 14.0. The molecule has 0 unspecified atom stereocenters. The summed E-state index contributed by atoms with van der Waals surface area (Å²) in [6.45, 7) is 5.90. The molecule has 1 saturated carbocycles. The maximum Gasteiger partial charge on any atom is 0.272 e.